The van der Waals surface area contributed by atoms with Crippen LogP contribution in [0, 0.1) is 12.8 Å². The van der Waals surface area contributed by atoms with E-state index >= 15 is 0 Å². The molecule has 2 heterocycles. The summed E-state index contributed by atoms with van der Waals surface area (Å²) in [4.78, 5) is 21.3. The number of fused-ring (bicyclic) bond motifs is 1. The maximum absolute atomic E-state index is 11.2. The molecule has 148 valence electrons. The maximum Gasteiger partial charge on any atom is 0.217 e. The van der Waals surface area contributed by atoms with Crippen LogP contribution < -0.4 is 11.1 Å². The van der Waals surface area contributed by atoms with Gasteiger partial charge in [-0.05, 0) is 43.2 Å². The van der Waals surface area contributed by atoms with Crippen molar-refractivity contribution in [3.63, 3.8) is 0 Å². The molecule has 6 nitrogen and oxygen atoms in total. The number of H-pyrrole nitrogens is 1. The molecule has 27 heavy (non-hydrogen) atoms. The fourth-order valence-electron chi connectivity index (χ4n) is 3.92. The number of aryl methyl sites for hydroxylation is 1. The molecule has 2 aromatic rings. The van der Waals surface area contributed by atoms with Gasteiger partial charge in [-0.2, -0.15) is 0 Å². The Morgan fingerprint density at radius 1 is 1.44 bits per heavy atom. The lowest BCUT2D eigenvalue weighted by atomic mass is 9.95. The van der Waals surface area contributed by atoms with E-state index in [1.165, 1.54) is 22.0 Å². The number of amides is 1. The van der Waals surface area contributed by atoms with Crippen LogP contribution in [-0.4, -0.2) is 48.4 Å². The van der Waals surface area contributed by atoms with Crippen molar-refractivity contribution in [3.8, 4) is 0 Å². The number of halogens is 1. The van der Waals surface area contributed by atoms with E-state index in [-0.39, 0.29) is 29.9 Å². The van der Waals surface area contributed by atoms with E-state index < -0.39 is 0 Å². The number of likely N-dealkylation sites (tertiary alicyclic amines) is 1. The van der Waals surface area contributed by atoms with Gasteiger partial charge in [0.1, 0.15) is 0 Å². The number of carbonyl (C=O) groups is 1. The molecule has 1 aromatic carbocycles. The number of nitrogens with one attached hydrogen (secondary N) is 2. The zero-order valence-electron chi connectivity index (χ0n) is 16.1. The van der Waals surface area contributed by atoms with Gasteiger partial charge < -0.3 is 20.9 Å². The van der Waals surface area contributed by atoms with E-state index in [1.807, 2.05) is 7.05 Å². The normalized spacial score (nSPS) is 17.6. The fraction of sp³-hybridized carbons (Fsp3) is 0.500. The number of aromatic nitrogens is 1. The van der Waals surface area contributed by atoms with Crippen molar-refractivity contribution in [3.05, 3.63) is 35.5 Å². The summed E-state index contributed by atoms with van der Waals surface area (Å²) < 4.78 is 0. The number of benzene rings is 1. The largest absolute Gasteiger partial charge is 0.370 e. The fourth-order valence-corrected chi connectivity index (χ4v) is 3.92. The van der Waals surface area contributed by atoms with Crippen molar-refractivity contribution in [1.82, 2.24) is 15.2 Å². The number of rotatable bonds is 5. The SMILES string of the molecule is CN=C(NCCc1c[nH]c2c(C)cccc12)N1CCCC(CC(N)=O)C1.I. The summed E-state index contributed by atoms with van der Waals surface area (Å²) in [6.45, 7) is 4.77. The van der Waals surface area contributed by atoms with Gasteiger partial charge in [0, 0.05) is 50.2 Å². The van der Waals surface area contributed by atoms with Crippen molar-refractivity contribution in [2.75, 3.05) is 26.7 Å². The van der Waals surface area contributed by atoms with E-state index in [0.29, 0.717) is 12.3 Å². The van der Waals surface area contributed by atoms with Crippen molar-refractivity contribution in [2.24, 2.45) is 16.6 Å². The first-order valence-electron chi connectivity index (χ1n) is 9.38. The van der Waals surface area contributed by atoms with Gasteiger partial charge in [-0.1, -0.05) is 18.2 Å². The summed E-state index contributed by atoms with van der Waals surface area (Å²) in [6.07, 6.45) is 5.63. The van der Waals surface area contributed by atoms with Gasteiger partial charge in [-0.3, -0.25) is 9.79 Å². The zero-order valence-corrected chi connectivity index (χ0v) is 18.5. The van der Waals surface area contributed by atoms with E-state index in [1.54, 1.807) is 0 Å². The number of aliphatic imine (C=N–C) groups is 1. The third kappa shape index (κ3) is 5.37. The van der Waals surface area contributed by atoms with Crippen LogP contribution in [0.25, 0.3) is 10.9 Å². The maximum atomic E-state index is 11.2. The highest BCUT2D eigenvalue weighted by atomic mass is 127. The van der Waals surface area contributed by atoms with Gasteiger partial charge in [-0.25, -0.2) is 0 Å². The predicted octanol–water partition coefficient (Wildman–Crippen LogP) is 2.80. The van der Waals surface area contributed by atoms with Crippen molar-refractivity contribution in [2.45, 2.75) is 32.6 Å². The molecule has 1 atom stereocenters. The molecule has 3 rings (SSSR count). The number of hydrogen-bond acceptors (Lipinski definition) is 2. The van der Waals surface area contributed by atoms with Gasteiger partial charge in [0.15, 0.2) is 5.96 Å². The van der Waals surface area contributed by atoms with Crippen molar-refractivity contribution in [1.29, 1.82) is 0 Å². The van der Waals surface area contributed by atoms with Crippen LogP contribution >= 0.6 is 24.0 Å². The van der Waals surface area contributed by atoms with Crippen LogP contribution in [0.1, 0.15) is 30.4 Å². The molecule has 0 aliphatic carbocycles. The molecule has 1 saturated heterocycles. The molecular weight excluding hydrogens is 453 g/mol. The van der Waals surface area contributed by atoms with Crippen LogP contribution in [0.2, 0.25) is 0 Å². The van der Waals surface area contributed by atoms with Crippen LogP contribution in [-0.2, 0) is 11.2 Å². The van der Waals surface area contributed by atoms with E-state index in [0.717, 1.165) is 44.9 Å². The van der Waals surface area contributed by atoms with Gasteiger partial charge in [0.25, 0.3) is 0 Å². The Balaban J connectivity index is 0.00000261. The quantitative estimate of drug-likeness (QED) is 0.347. The summed E-state index contributed by atoms with van der Waals surface area (Å²) in [7, 11) is 1.81. The minimum Gasteiger partial charge on any atom is -0.370 e. The molecule has 0 radical (unpaired) electrons. The van der Waals surface area contributed by atoms with Gasteiger partial charge in [-0.15, -0.1) is 24.0 Å². The molecule has 0 saturated carbocycles. The highest BCUT2D eigenvalue weighted by Crippen LogP contribution is 2.22. The van der Waals surface area contributed by atoms with E-state index in [2.05, 4.69) is 51.5 Å². The summed E-state index contributed by atoms with van der Waals surface area (Å²) >= 11 is 0. The minimum absolute atomic E-state index is 0. The van der Waals surface area contributed by atoms with Crippen molar-refractivity contribution < 1.29 is 4.79 Å². The Kier molecular flexibility index (Phi) is 7.94. The van der Waals surface area contributed by atoms with Crippen molar-refractivity contribution >= 4 is 46.7 Å². The highest BCUT2D eigenvalue weighted by molar-refractivity contribution is 14.0. The molecule has 7 heteroatoms. The molecule has 1 unspecified atom stereocenters. The Hall–Kier alpha value is -1.77. The molecule has 1 amide bonds. The van der Waals surface area contributed by atoms with E-state index in [9.17, 15) is 4.79 Å². The molecule has 4 N–H and O–H groups in total. The van der Waals surface area contributed by atoms with Crippen LogP contribution in [0.15, 0.2) is 29.4 Å². The van der Waals surface area contributed by atoms with Crippen LogP contribution in [0.4, 0.5) is 0 Å². The van der Waals surface area contributed by atoms with Crippen LogP contribution in [0.5, 0.6) is 0 Å². The molecule has 1 fully saturated rings. The second-order valence-corrected chi connectivity index (χ2v) is 7.16. The summed E-state index contributed by atoms with van der Waals surface area (Å²) in [6, 6.07) is 6.40. The third-order valence-electron chi connectivity index (χ3n) is 5.21. The monoisotopic (exact) mass is 483 g/mol. The molecule has 0 spiro atoms. The standard InChI is InChI=1S/C20H29N5O.HI/c1-14-5-3-7-17-16(12-24-19(14)17)8-9-23-20(22-2)25-10-4-6-15(13-25)11-18(21)26;/h3,5,7,12,15,24H,4,6,8-11,13H2,1-2H3,(H2,21,26)(H,22,23);1H. The summed E-state index contributed by atoms with van der Waals surface area (Å²) in [5.41, 5.74) is 9.17. The molecule has 0 bridgehead atoms. The average molecular weight is 483 g/mol. The predicted molar refractivity (Wildman–Crippen MR) is 122 cm³/mol. The summed E-state index contributed by atoms with van der Waals surface area (Å²) in [5, 5.41) is 4.77. The number of piperidine rings is 1. The lowest BCUT2D eigenvalue weighted by Gasteiger charge is -2.34. The first-order valence-corrected chi connectivity index (χ1v) is 9.38. The second-order valence-electron chi connectivity index (χ2n) is 7.16. The Morgan fingerprint density at radius 3 is 3.00 bits per heavy atom. The lowest BCUT2D eigenvalue weighted by Crippen LogP contribution is -2.47. The molecule has 1 aromatic heterocycles. The lowest BCUT2D eigenvalue weighted by molar-refractivity contribution is -0.119. The highest BCUT2D eigenvalue weighted by Gasteiger charge is 2.23. The minimum atomic E-state index is -0.213. The number of carbonyl (C=O) groups excluding carboxylic acids is 1. The smallest absolute Gasteiger partial charge is 0.217 e. The third-order valence-corrected chi connectivity index (χ3v) is 5.21. The van der Waals surface area contributed by atoms with Gasteiger partial charge in [0.2, 0.25) is 5.91 Å². The van der Waals surface area contributed by atoms with Gasteiger partial charge in [0.05, 0.1) is 0 Å². The zero-order chi connectivity index (χ0) is 18.5. The van der Waals surface area contributed by atoms with Crippen LogP contribution in [0.3, 0.4) is 0 Å². The number of guanidine groups is 1. The Bertz CT molecular complexity index is 801. The molecular formula is C20H30IN5O. The summed E-state index contributed by atoms with van der Waals surface area (Å²) in [5.74, 6) is 1.03. The average Bonchev–Trinajstić information content (AvgIpc) is 3.03. The van der Waals surface area contributed by atoms with Gasteiger partial charge >= 0.3 is 0 Å². The topological polar surface area (TPSA) is 86.5 Å². The Morgan fingerprint density at radius 2 is 2.26 bits per heavy atom. The molecule has 1 aliphatic heterocycles. The molecule has 1 aliphatic rings. The first kappa shape index (κ1) is 21.5. The number of nitrogens with two attached hydrogens (primary N) is 1. The number of primary amides is 1. The number of hydrogen-bond donors (Lipinski definition) is 3. The number of aromatic amines is 1. The van der Waals surface area contributed by atoms with E-state index in [4.69, 9.17) is 5.73 Å². The number of para-hydroxylation sites is 1. The first-order chi connectivity index (χ1) is 12.6. The Labute approximate surface area is 178 Å². The number of nitrogens with zero attached hydrogens (tertiary/aromatic N) is 2. The second kappa shape index (κ2) is 9.96.